The van der Waals surface area contributed by atoms with Crippen molar-refractivity contribution >= 4 is 47.6 Å². The van der Waals surface area contributed by atoms with E-state index in [1.165, 1.54) is 5.01 Å². The van der Waals surface area contributed by atoms with Crippen LogP contribution >= 0.6 is 39.0 Å². The Labute approximate surface area is 157 Å². The predicted octanol–water partition coefficient (Wildman–Crippen LogP) is 5.91. The van der Waals surface area contributed by atoms with E-state index in [9.17, 15) is 0 Å². The third-order valence-electron chi connectivity index (χ3n) is 4.71. The fourth-order valence-electron chi connectivity index (χ4n) is 3.92. The molecule has 2 aliphatic rings. The van der Waals surface area contributed by atoms with E-state index in [1.807, 2.05) is 11.8 Å². The van der Waals surface area contributed by atoms with Gasteiger partial charge in [0.1, 0.15) is 9.61 Å². The first-order valence-corrected chi connectivity index (χ1v) is 12.5. The van der Waals surface area contributed by atoms with Crippen molar-refractivity contribution in [2.24, 2.45) is 0 Å². The number of hydrogen-bond donors (Lipinski definition) is 0. The molecule has 0 radical (unpaired) electrons. The van der Waals surface area contributed by atoms with Crippen molar-refractivity contribution < 1.29 is 8.85 Å². The topological polar surface area (TPSA) is 31.4 Å². The molecule has 0 unspecified atom stereocenters. The van der Waals surface area contributed by atoms with Gasteiger partial charge in [0.2, 0.25) is 0 Å². The van der Waals surface area contributed by atoms with E-state index in [4.69, 9.17) is 8.85 Å². The van der Waals surface area contributed by atoms with Gasteiger partial charge in [0, 0.05) is 15.5 Å². The van der Waals surface area contributed by atoms with Crippen molar-refractivity contribution in [3.05, 3.63) is 15.0 Å². The molecule has 3 rings (SSSR count). The summed E-state index contributed by atoms with van der Waals surface area (Å²) in [5.74, 6) is 0. The lowest BCUT2D eigenvalue weighted by Crippen LogP contribution is -2.63. The van der Waals surface area contributed by atoms with Crippen LogP contribution in [0.5, 0.6) is 0 Å². The second-order valence-electron chi connectivity index (χ2n) is 8.49. The SMILES string of the molecule is CC(C)(C)[Si]1(C(C)(C)C)OC[C@H]2S[C@H](c3nc(Br)cs3)C[C@@H]2O1. The Kier molecular flexibility index (Phi) is 4.87. The summed E-state index contributed by atoms with van der Waals surface area (Å²) in [4.78, 5) is 4.61. The molecule has 2 aliphatic heterocycles. The van der Waals surface area contributed by atoms with Crippen LogP contribution in [0.2, 0.25) is 10.1 Å². The van der Waals surface area contributed by atoms with Gasteiger partial charge < -0.3 is 8.85 Å². The number of hydrogen-bond acceptors (Lipinski definition) is 5. The second-order valence-corrected chi connectivity index (χ2v) is 16.4. The van der Waals surface area contributed by atoms with E-state index in [0.717, 1.165) is 17.6 Å². The quantitative estimate of drug-likeness (QED) is 0.512. The maximum Gasteiger partial charge on any atom is 0.349 e. The van der Waals surface area contributed by atoms with E-state index in [0.29, 0.717) is 16.6 Å². The molecule has 130 valence electrons. The molecular weight excluding hydrogens is 410 g/mol. The van der Waals surface area contributed by atoms with Crippen LogP contribution in [-0.4, -0.2) is 31.5 Å². The zero-order chi connectivity index (χ0) is 17.0. The van der Waals surface area contributed by atoms with E-state index in [-0.39, 0.29) is 10.1 Å². The van der Waals surface area contributed by atoms with Gasteiger partial charge in [-0.1, -0.05) is 41.5 Å². The van der Waals surface area contributed by atoms with Crippen LogP contribution in [0, 0.1) is 0 Å². The lowest BCUT2D eigenvalue weighted by atomic mass is 10.1. The first-order chi connectivity index (χ1) is 10.5. The van der Waals surface area contributed by atoms with Crippen molar-refractivity contribution in [3.8, 4) is 0 Å². The smallest absolute Gasteiger partial charge is 0.349 e. The summed E-state index contributed by atoms with van der Waals surface area (Å²) in [6, 6.07) is 0. The number of thiazole rings is 1. The van der Waals surface area contributed by atoms with Gasteiger partial charge in [-0.05, 0) is 22.4 Å². The molecule has 23 heavy (non-hydrogen) atoms. The van der Waals surface area contributed by atoms with E-state index in [1.54, 1.807) is 11.3 Å². The number of aromatic nitrogens is 1. The molecule has 0 spiro atoms. The van der Waals surface area contributed by atoms with Crippen LogP contribution in [0.15, 0.2) is 9.98 Å². The Bertz CT molecular complexity index is 567. The van der Waals surface area contributed by atoms with Crippen LogP contribution in [0.1, 0.15) is 58.2 Å². The third-order valence-corrected chi connectivity index (χ3v) is 13.2. The van der Waals surface area contributed by atoms with Crippen molar-refractivity contribution in [1.82, 2.24) is 4.98 Å². The molecule has 0 N–H and O–H groups in total. The minimum atomic E-state index is -2.34. The normalized spacial score (nSPS) is 31.2. The van der Waals surface area contributed by atoms with Crippen molar-refractivity contribution in [2.45, 2.75) is 74.6 Å². The van der Waals surface area contributed by atoms with Gasteiger partial charge in [0.25, 0.3) is 0 Å². The molecule has 0 saturated carbocycles. The maximum atomic E-state index is 6.85. The van der Waals surface area contributed by atoms with Gasteiger partial charge in [-0.15, -0.1) is 23.1 Å². The second kappa shape index (κ2) is 6.09. The minimum Gasteiger partial charge on any atom is -0.392 e. The summed E-state index contributed by atoms with van der Waals surface area (Å²) in [6.45, 7) is 14.5. The van der Waals surface area contributed by atoms with Crippen molar-refractivity contribution in [2.75, 3.05) is 6.61 Å². The Hall–Kier alpha value is 0.597. The molecule has 0 bridgehead atoms. The number of rotatable bonds is 1. The fraction of sp³-hybridized carbons (Fsp3) is 0.812. The van der Waals surface area contributed by atoms with Gasteiger partial charge in [0.05, 0.1) is 23.2 Å². The largest absolute Gasteiger partial charge is 0.392 e. The molecule has 2 fully saturated rings. The summed E-state index contributed by atoms with van der Waals surface area (Å²) < 4.78 is 14.4. The summed E-state index contributed by atoms with van der Waals surface area (Å²) >= 11 is 7.19. The molecule has 1 aromatic rings. The average molecular weight is 437 g/mol. The van der Waals surface area contributed by atoms with Crippen LogP contribution in [0.4, 0.5) is 0 Å². The maximum absolute atomic E-state index is 6.85. The summed E-state index contributed by atoms with van der Waals surface area (Å²) in [5, 5.41) is 4.27. The lowest BCUT2D eigenvalue weighted by Gasteiger charge is -2.53. The Balaban J connectivity index is 1.83. The highest BCUT2D eigenvalue weighted by Crippen LogP contribution is 2.58. The van der Waals surface area contributed by atoms with Gasteiger partial charge in [-0.2, -0.15) is 0 Å². The Morgan fingerprint density at radius 1 is 1.22 bits per heavy atom. The van der Waals surface area contributed by atoms with Crippen LogP contribution in [0.3, 0.4) is 0 Å². The highest BCUT2D eigenvalue weighted by atomic mass is 79.9. The summed E-state index contributed by atoms with van der Waals surface area (Å²) in [6.07, 6.45) is 1.35. The number of thioether (sulfide) groups is 1. The molecule has 0 aliphatic carbocycles. The molecule has 1 aromatic heterocycles. The molecule has 3 heterocycles. The number of fused-ring (bicyclic) bond motifs is 1. The summed E-state index contributed by atoms with van der Waals surface area (Å²) in [5.41, 5.74) is 0. The lowest BCUT2D eigenvalue weighted by molar-refractivity contribution is 0.0275. The van der Waals surface area contributed by atoms with Gasteiger partial charge in [0.15, 0.2) is 0 Å². The number of halogens is 1. The highest BCUT2D eigenvalue weighted by molar-refractivity contribution is 9.10. The summed E-state index contributed by atoms with van der Waals surface area (Å²) in [7, 11) is -2.34. The minimum absolute atomic E-state index is 0.0587. The van der Waals surface area contributed by atoms with Crippen molar-refractivity contribution in [1.29, 1.82) is 0 Å². The van der Waals surface area contributed by atoms with Crippen LogP contribution in [-0.2, 0) is 8.85 Å². The van der Waals surface area contributed by atoms with E-state index < -0.39 is 8.56 Å². The molecule has 2 saturated heterocycles. The zero-order valence-corrected chi connectivity index (χ0v) is 18.9. The number of nitrogens with zero attached hydrogens (tertiary/aromatic N) is 1. The molecule has 3 atom stereocenters. The Morgan fingerprint density at radius 3 is 2.39 bits per heavy atom. The van der Waals surface area contributed by atoms with Crippen LogP contribution < -0.4 is 0 Å². The molecular formula is C16H26BrNO2S2Si. The predicted molar refractivity (Wildman–Crippen MR) is 105 cm³/mol. The molecule has 3 nitrogen and oxygen atoms in total. The third kappa shape index (κ3) is 3.22. The Morgan fingerprint density at radius 2 is 1.87 bits per heavy atom. The van der Waals surface area contributed by atoms with Gasteiger partial charge in [-0.3, -0.25) is 0 Å². The molecule has 0 amide bonds. The average Bonchev–Trinajstić information content (AvgIpc) is 3.00. The van der Waals surface area contributed by atoms with Gasteiger partial charge in [-0.25, -0.2) is 4.98 Å². The van der Waals surface area contributed by atoms with Gasteiger partial charge >= 0.3 is 8.56 Å². The monoisotopic (exact) mass is 435 g/mol. The fourth-order valence-corrected chi connectivity index (χ4v) is 12.1. The highest BCUT2D eigenvalue weighted by Gasteiger charge is 2.63. The molecule has 0 aromatic carbocycles. The van der Waals surface area contributed by atoms with E-state index in [2.05, 4.69) is 67.8 Å². The molecule has 7 heteroatoms. The van der Waals surface area contributed by atoms with Crippen molar-refractivity contribution in [3.63, 3.8) is 0 Å². The van der Waals surface area contributed by atoms with E-state index >= 15 is 0 Å². The first-order valence-electron chi connectivity index (χ1n) is 8.12. The van der Waals surface area contributed by atoms with Crippen LogP contribution in [0.25, 0.3) is 0 Å². The zero-order valence-electron chi connectivity index (χ0n) is 14.7. The first kappa shape index (κ1) is 18.4. The standard InChI is InChI=1S/C16H26BrNO2S2Si/c1-15(2,3)23(16(4,5)6)19-8-12-10(20-23)7-11(22-12)14-18-13(17)9-21-14/h9-12H,7-8H2,1-6H3/t10-,11-,12+/m0/s1.